The number of aromatic amines is 1. The van der Waals surface area contributed by atoms with Crippen LogP contribution in [0.2, 0.25) is 0 Å². The number of carboxylic acid groups (broad SMARTS) is 1. The zero-order valence-corrected chi connectivity index (χ0v) is 9.86. The average Bonchev–Trinajstić information content (AvgIpc) is 2.92. The standard InChI is InChI=1S/C11H8N4O5/c16-10(7-4-12-13-5-7)14-8-2-1-6(11(17)18)3-9(8)15(19)20/h1-5H,(H,12,13)(H,14,16)(H,17,18). The summed E-state index contributed by atoms with van der Waals surface area (Å²) in [6, 6.07) is 3.22. The van der Waals surface area contributed by atoms with Crippen molar-refractivity contribution < 1.29 is 19.6 Å². The number of nitrogens with one attached hydrogen (secondary N) is 2. The highest BCUT2D eigenvalue weighted by molar-refractivity contribution is 6.05. The number of benzene rings is 1. The summed E-state index contributed by atoms with van der Waals surface area (Å²) in [4.78, 5) is 32.7. The van der Waals surface area contributed by atoms with Crippen LogP contribution >= 0.6 is 0 Å². The monoisotopic (exact) mass is 276 g/mol. The van der Waals surface area contributed by atoms with Crippen molar-refractivity contribution in [3.05, 3.63) is 51.8 Å². The minimum atomic E-state index is -1.29. The highest BCUT2D eigenvalue weighted by Gasteiger charge is 2.19. The maximum atomic E-state index is 11.8. The van der Waals surface area contributed by atoms with Gasteiger partial charge in [0.15, 0.2) is 0 Å². The lowest BCUT2D eigenvalue weighted by Crippen LogP contribution is -2.13. The molecule has 0 spiro atoms. The van der Waals surface area contributed by atoms with E-state index in [9.17, 15) is 19.7 Å². The summed E-state index contributed by atoms with van der Waals surface area (Å²) in [7, 11) is 0. The van der Waals surface area contributed by atoms with E-state index in [0.29, 0.717) is 0 Å². The van der Waals surface area contributed by atoms with Crippen LogP contribution in [0, 0.1) is 10.1 Å². The number of amides is 1. The third kappa shape index (κ3) is 2.61. The normalized spacial score (nSPS) is 10.0. The zero-order valence-electron chi connectivity index (χ0n) is 9.86. The molecule has 9 nitrogen and oxygen atoms in total. The quantitative estimate of drug-likeness (QED) is 0.567. The van der Waals surface area contributed by atoms with Crippen LogP contribution < -0.4 is 5.32 Å². The number of aromatic carboxylic acids is 1. The molecule has 3 N–H and O–H groups in total. The minimum absolute atomic E-state index is 0.0915. The fraction of sp³-hybridized carbons (Fsp3) is 0. The van der Waals surface area contributed by atoms with Gasteiger partial charge in [-0.3, -0.25) is 20.0 Å². The van der Waals surface area contributed by atoms with Gasteiger partial charge in [0, 0.05) is 12.3 Å². The predicted molar refractivity (Wildman–Crippen MR) is 66.6 cm³/mol. The fourth-order valence-electron chi connectivity index (χ4n) is 1.49. The van der Waals surface area contributed by atoms with Crippen LogP contribution in [0.15, 0.2) is 30.6 Å². The molecule has 0 bridgehead atoms. The number of anilines is 1. The lowest BCUT2D eigenvalue weighted by atomic mass is 10.1. The van der Waals surface area contributed by atoms with Crippen molar-refractivity contribution >= 4 is 23.3 Å². The largest absolute Gasteiger partial charge is 0.478 e. The first-order valence-electron chi connectivity index (χ1n) is 5.31. The highest BCUT2D eigenvalue weighted by Crippen LogP contribution is 2.26. The van der Waals surface area contributed by atoms with Crippen LogP contribution in [0.4, 0.5) is 11.4 Å². The zero-order chi connectivity index (χ0) is 14.7. The van der Waals surface area contributed by atoms with E-state index in [1.54, 1.807) is 0 Å². The Morgan fingerprint density at radius 1 is 1.35 bits per heavy atom. The van der Waals surface area contributed by atoms with Gasteiger partial charge in [0.2, 0.25) is 0 Å². The number of nitro benzene ring substituents is 1. The van der Waals surface area contributed by atoms with Crippen molar-refractivity contribution in [2.75, 3.05) is 5.32 Å². The number of H-pyrrole nitrogens is 1. The first-order valence-corrected chi connectivity index (χ1v) is 5.31. The van der Waals surface area contributed by atoms with Gasteiger partial charge in [0.1, 0.15) is 5.69 Å². The number of carbonyl (C=O) groups excluding carboxylic acids is 1. The molecule has 2 aromatic rings. The fourth-order valence-corrected chi connectivity index (χ4v) is 1.49. The Hall–Kier alpha value is -3.23. The van der Waals surface area contributed by atoms with Crippen molar-refractivity contribution in [3.8, 4) is 0 Å². The van der Waals surface area contributed by atoms with E-state index in [4.69, 9.17) is 5.11 Å². The van der Waals surface area contributed by atoms with Crippen LogP contribution in [0.5, 0.6) is 0 Å². The number of hydrogen-bond acceptors (Lipinski definition) is 5. The molecule has 102 valence electrons. The Bertz CT molecular complexity index is 680. The van der Waals surface area contributed by atoms with E-state index in [1.807, 2.05) is 0 Å². The topological polar surface area (TPSA) is 138 Å². The van der Waals surface area contributed by atoms with Crippen LogP contribution in [0.1, 0.15) is 20.7 Å². The maximum Gasteiger partial charge on any atom is 0.335 e. The van der Waals surface area contributed by atoms with Gasteiger partial charge in [0.25, 0.3) is 11.6 Å². The number of nitrogens with zero attached hydrogens (tertiary/aromatic N) is 2. The van der Waals surface area contributed by atoms with Crippen LogP contribution in [-0.4, -0.2) is 32.1 Å². The van der Waals surface area contributed by atoms with Crippen LogP contribution in [-0.2, 0) is 0 Å². The molecule has 0 aliphatic rings. The summed E-state index contributed by atoms with van der Waals surface area (Å²) >= 11 is 0. The van der Waals surface area contributed by atoms with Crippen molar-refractivity contribution in [1.29, 1.82) is 0 Å². The van der Waals surface area contributed by atoms with Crippen molar-refractivity contribution in [1.82, 2.24) is 10.2 Å². The van der Waals surface area contributed by atoms with Gasteiger partial charge in [-0.25, -0.2) is 4.79 Å². The molecule has 2 rings (SSSR count). The molecule has 1 heterocycles. The second-order valence-electron chi connectivity index (χ2n) is 3.74. The summed E-state index contributed by atoms with van der Waals surface area (Å²) in [6.07, 6.45) is 2.58. The summed E-state index contributed by atoms with van der Waals surface area (Å²) in [6.45, 7) is 0. The van der Waals surface area contributed by atoms with Crippen molar-refractivity contribution in [3.63, 3.8) is 0 Å². The molecule has 0 radical (unpaired) electrons. The molecule has 1 aromatic carbocycles. The van der Waals surface area contributed by atoms with E-state index in [-0.39, 0.29) is 16.8 Å². The Kier molecular flexibility index (Phi) is 3.42. The molecule has 1 aromatic heterocycles. The van der Waals surface area contributed by atoms with E-state index in [1.165, 1.54) is 24.5 Å². The Morgan fingerprint density at radius 3 is 2.65 bits per heavy atom. The number of aromatic nitrogens is 2. The SMILES string of the molecule is O=C(O)c1ccc(NC(=O)c2cn[nH]c2)c([N+](=O)[O-])c1. The van der Waals surface area contributed by atoms with Gasteiger partial charge in [-0.05, 0) is 12.1 Å². The van der Waals surface area contributed by atoms with Crippen molar-refractivity contribution in [2.45, 2.75) is 0 Å². The van der Waals surface area contributed by atoms with E-state index >= 15 is 0 Å². The third-order valence-electron chi connectivity index (χ3n) is 2.45. The number of nitro groups is 1. The average molecular weight is 276 g/mol. The van der Waals surface area contributed by atoms with Crippen LogP contribution in [0.3, 0.4) is 0 Å². The summed E-state index contributed by atoms with van der Waals surface area (Å²) < 4.78 is 0. The summed E-state index contributed by atoms with van der Waals surface area (Å²) in [5.41, 5.74) is -0.632. The van der Waals surface area contributed by atoms with Crippen LogP contribution in [0.25, 0.3) is 0 Å². The molecule has 20 heavy (non-hydrogen) atoms. The second-order valence-corrected chi connectivity index (χ2v) is 3.74. The lowest BCUT2D eigenvalue weighted by molar-refractivity contribution is -0.383. The lowest BCUT2D eigenvalue weighted by Gasteiger charge is -2.05. The first kappa shape index (κ1) is 13.2. The molecule has 9 heteroatoms. The van der Waals surface area contributed by atoms with Gasteiger partial charge in [-0.15, -0.1) is 0 Å². The smallest absolute Gasteiger partial charge is 0.335 e. The molecule has 0 fully saturated rings. The van der Waals surface area contributed by atoms with E-state index < -0.39 is 22.5 Å². The van der Waals surface area contributed by atoms with Gasteiger partial charge < -0.3 is 10.4 Å². The Morgan fingerprint density at radius 2 is 2.10 bits per heavy atom. The summed E-state index contributed by atoms with van der Waals surface area (Å²) in [5, 5.41) is 28.0. The molecule has 0 saturated carbocycles. The molecule has 0 aliphatic carbocycles. The Balaban J connectivity index is 2.34. The number of carbonyl (C=O) groups is 2. The second kappa shape index (κ2) is 5.18. The molecule has 0 saturated heterocycles. The maximum absolute atomic E-state index is 11.8. The first-order chi connectivity index (χ1) is 9.49. The number of carboxylic acids is 1. The van der Waals surface area contributed by atoms with Crippen molar-refractivity contribution in [2.24, 2.45) is 0 Å². The molecule has 0 aliphatic heterocycles. The molecular formula is C11H8N4O5. The Labute approximate surface area is 111 Å². The molecule has 1 amide bonds. The summed E-state index contributed by atoms with van der Waals surface area (Å²) in [5.74, 6) is -1.88. The van der Waals surface area contributed by atoms with Gasteiger partial charge in [0.05, 0.1) is 22.2 Å². The van der Waals surface area contributed by atoms with Gasteiger partial charge in [-0.1, -0.05) is 0 Å². The van der Waals surface area contributed by atoms with Gasteiger partial charge >= 0.3 is 5.97 Å². The number of hydrogen-bond donors (Lipinski definition) is 3. The predicted octanol–water partition coefficient (Wildman–Crippen LogP) is 1.27. The minimum Gasteiger partial charge on any atom is -0.478 e. The molecule has 0 unspecified atom stereocenters. The molecule has 0 atom stereocenters. The third-order valence-corrected chi connectivity index (χ3v) is 2.45. The number of rotatable bonds is 4. The van der Waals surface area contributed by atoms with Gasteiger partial charge in [-0.2, -0.15) is 5.10 Å². The molecular weight excluding hydrogens is 268 g/mol. The van der Waals surface area contributed by atoms with E-state index in [2.05, 4.69) is 15.5 Å². The highest BCUT2D eigenvalue weighted by atomic mass is 16.6. The van der Waals surface area contributed by atoms with E-state index in [0.717, 1.165) is 6.07 Å².